The van der Waals surface area contributed by atoms with Gasteiger partial charge in [-0.05, 0) is 68.1 Å². The van der Waals surface area contributed by atoms with E-state index in [1.807, 2.05) is 0 Å². The number of hydrogen-bond donors (Lipinski definition) is 1. The Morgan fingerprint density at radius 2 is 1.26 bits per heavy atom. The molecule has 0 aliphatic heterocycles. The Morgan fingerprint density at radius 1 is 0.737 bits per heavy atom. The lowest BCUT2D eigenvalue weighted by molar-refractivity contribution is 0.144. The topological polar surface area (TPSA) is 12.0 Å². The van der Waals surface area contributed by atoms with Crippen molar-refractivity contribution in [2.24, 2.45) is 23.2 Å². The third kappa shape index (κ3) is 4.48. The monoisotopic (exact) mass is 265 g/mol. The van der Waals surface area contributed by atoms with Gasteiger partial charge in [0.2, 0.25) is 0 Å². The van der Waals surface area contributed by atoms with Crippen molar-refractivity contribution in [1.29, 1.82) is 0 Å². The summed E-state index contributed by atoms with van der Waals surface area (Å²) >= 11 is 0. The SMILES string of the molecule is CC1CC(C)CC(NC2CCC(C(C)(C)C)CC2)C1. The molecule has 2 fully saturated rings. The van der Waals surface area contributed by atoms with Gasteiger partial charge in [0.25, 0.3) is 0 Å². The molecule has 0 aromatic heterocycles. The fourth-order valence-corrected chi connectivity index (χ4v) is 4.54. The third-order valence-corrected chi connectivity index (χ3v) is 5.60. The van der Waals surface area contributed by atoms with E-state index in [0.717, 1.165) is 29.8 Å². The van der Waals surface area contributed by atoms with Crippen LogP contribution in [0.2, 0.25) is 0 Å². The first-order valence-corrected chi connectivity index (χ1v) is 8.60. The Labute approximate surface area is 120 Å². The maximum absolute atomic E-state index is 3.99. The highest BCUT2D eigenvalue weighted by atomic mass is 15.0. The molecule has 0 bridgehead atoms. The fraction of sp³-hybridized carbons (Fsp3) is 1.00. The van der Waals surface area contributed by atoms with Gasteiger partial charge >= 0.3 is 0 Å². The third-order valence-electron chi connectivity index (χ3n) is 5.60. The Bertz CT molecular complexity index is 260. The van der Waals surface area contributed by atoms with Crippen molar-refractivity contribution in [2.45, 2.75) is 91.6 Å². The van der Waals surface area contributed by atoms with Gasteiger partial charge in [-0.1, -0.05) is 34.6 Å². The van der Waals surface area contributed by atoms with E-state index in [4.69, 9.17) is 0 Å². The molecule has 0 spiro atoms. The highest BCUT2D eigenvalue weighted by molar-refractivity contribution is 4.87. The van der Waals surface area contributed by atoms with Crippen LogP contribution in [-0.4, -0.2) is 12.1 Å². The van der Waals surface area contributed by atoms with Crippen molar-refractivity contribution in [3.8, 4) is 0 Å². The van der Waals surface area contributed by atoms with E-state index in [0.29, 0.717) is 5.41 Å². The fourth-order valence-electron chi connectivity index (χ4n) is 4.54. The highest BCUT2D eigenvalue weighted by Crippen LogP contribution is 2.38. The van der Waals surface area contributed by atoms with Gasteiger partial charge in [-0.2, -0.15) is 0 Å². The molecular formula is C18H35N. The van der Waals surface area contributed by atoms with Crippen LogP contribution >= 0.6 is 0 Å². The van der Waals surface area contributed by atoms with E-state index >= 15 is 0 Å². The Hall–Kier alpha value is -0.0400. The molecule has 0 heterocycles. The highest BCUT2D eigenvalue weighted by Gasteiger charge is 2.31. The zero-order chi connectivity index (χ0) is 14.0. The van der Waals surface area contributed by atoms with Crippen molar-refractivity contribution in [3.05, 3.63) is 0 Å². The first-order valence-electron chi connectivity index (χ1n) is 8.60. The molecule has 2 rings (SSSR count). The lowest BCUT2D eigenvalue weighted by atomic mass is 9.71. The molecule has 2 unspecified atom stereocenters. The van der Waals surface area contributed by atoms with E-state index in [1.165, 1.54) is 44.9 Å². The van der Waals surface area contributed by atoms with Crippen molar-refractivity contribution >= 4 is 0 Å². The lowest BCUT2D eigenvalue weighted by Crippen LogP contribution is -2.44. The quantitative estimate of drug-likeness (QED) is 0.740. The van der Waals surface area contributed by atoms with Crippen molar-refractivity contribution in [2.75, 3.05) is 0 Å². The van der Waals surface area contributed by atoms with Gasteiger partial charge in [0.1, 0.15) is 0 Å². The molecule has 2 saturated carbocycles. The summed E-state index contributed by atoms with van der Waals surface area (Å²) in [6.45, 7) is 12.1. The van der Waals surface area contributed by atoms with Crippen LogP contribution in [0, 0.1) is 23.2 Å². The van der Waals surface area contributed by atoms with E-state index in [-0.39, 0.29) is 0 Å². The molecule has 2 atom stereocenters. The molecule has 112 valence electrons. The van der Waals surface area contributed by atoms with Crippen LogP contribution in [0.3, 0.4) is 0 Å². The molecule has 0 aromatic rings. The minimum Gasteiger partial charge on any atom is -0.311 e. The molecule has 0 amide bonds. The molecule has 0 aromatic carbocycles. The summed E-state index contributed by atoms with van der Waals surface area (Å²) in [5, 5.41) is 3.99. The summed E-state index contributed by atoms with van der Waals surface area (Å²) in [6, 6.07) is 1.61. The van der Waals surface area contributed by atoms with Crippen molar-refractivity contribution in [1.82, 2.24) is 5.32 Å². The first kappa shape index (κ1) is 15.4. The second-order valence-corrected chi connectivity index (χ2v) is 8.70. The van der Waals surface area contributed by atoms with Crippen LogP contribution in [0.4, 0.5) is 0 Å². The maximum atomic E-state index is 3.99. The summed E-state index contributed by atoms with van der Waals surface area (Å²) in [4.78, 5) is 0. The molecule has 1 heteroatoms. The molecule has 0 saturated heterocycles. The molecule has 2 aliphatic rings. The Balaban J connectivity index is 1.76. The summed E-state index contributed by atoms with van der Waals surface area (Å²) in [7, 11) is 0. The number of nitrogens with one attached hydrogen (secondary N) is 1. The Morgan fingerprint density at radius 3 is 1.74 bits per heavy atom. The average molecular weight is 265 g/mol. The van der Waals surface area contributed by atoms with Crippen LogP contribution in [-0.2, 0) is 0 Å². The second kappa shape index (κ2) is 6.16. The molecule has 2 aliphatic carbocycles. The van der Waals surface area contributed by atoms with E-state index in [1.54, 1.807) is 0 Å². The van der Waals surface area contributed by atoms with Crippen LogP contribution < -0.4 is 5.32 Å². The maximum Gasteiger partial charge on any atom is 0.00747 e. The van der Waals surface area contributed by atoms with E-state index in [9.17, 15) is 0 Å². The lowest BCUT2D eigenvalue weighted by Gasteiger charge is -2.40. The van der Waals surface area contributed by atoms with Crippen LogP contribution in [0.1, 0.15) is 79.6 Å². The summed E-state index contributed by atoms with van der Waals surface area (Å²) in [5.74, 6) is 2.79. The van der Waals surface area contributed by atoms with Gasteiger partial charge in [-0.25, -0.2) is 0 Å². The summed E-state index contributed by atoms with van der Waals surface area (Å²) in [5.41, 5.74) is 0.513. The second-order valence-electron chi connectivity index (χ2n) is 8.70. The minimum absolute atomic E-state index is 0.513. The minimum atomic E-state index is 0.513. The van der Waals surface area contributed by atoms with Crippen molar-refractivity contribution < 1.29 is 0 Å². The van der Waals surface area contributed by atoms with E-state index in [2.05, 4.69) is 39.9 Å². The van der Waals surface area contributed by atoms with Gasteiger partial charge in [0, 0.05) is 12.1 Å². The van der Waals surface area contributed by atoms with Gasteiger partial charge in [-0.15, -0.1) is 0 Å². The predicted octanol–water partition coefficient (Wildman–Crippen LogP) is 5.01. The van der Waals surface area contributed by atoms with Crippen molar-refractivity contribution in [3.63, 3.8) is 0 Å². The predicted molar refractivity (Wildman–Crippen MR) is 84.3 cm³/mol. The first-order chi connectivity index (χ1) is 8.84. The van der Waals surface area contributed by atoms with E-state index < -0.39 is 0 Å². The van der Waals surface area contributed by atoms with Gasteiger partial charge in [0.15, 0.2) is 0 Å². The smallest absolute Gasteiger partial charge is 0.00747 e. The standard InChI is InChI=1S/C18H35N/c1-13-10-14(2)12-17(11-13)19-16-8-6-15(7-9-16)18(3,4)5/h13-17,19H,6-12H2,1-5H3. The zero-order valence-electron chi connectivity index (χ0n) is 13.8. The van der Waals surface area contributed by atoms with Gasteiger partial charge in [-0.3, -0.25) is 0 Å². The molecule has 1 N–H and O–H groups in total. The summed E-state index contributed by atoms with van der Waals surface area (Å²) < 4.78 is 0. The van der Waals surface area contributed by atoms with Crippen LogP contribution in [0.5, 0.6) is 0 Å². The molecular weight excluding hydrogens is 230 g/mol. The van der Waals surface area contributed by atoms with Crippen LogP contribution in [0.15, 0.2) is 0 Å². The number of rotatable bonds is 2. The molecule has 19 heavy (non-hydrogen) atoms. The normalized spacial score (nSPS) is 41.2. The largest absolute Gasteiger partial charge is 0.311 e. The molecule has 0 radical (unpaired) electrons. The molecule has 1 nitrogen and oxygen atoms in total. The summed E-state index contributed by atoms with van der Waals surface area (Å²) in [6.07, 6.45) is 9.92. The van der Waals surface area contributed by atoms with Crippen LogP contribution in [0.25, 0.3) is 0 Å². The number of hydrogen-bond acceptors (Lipinski definition) is 1. The van der Waals surface area contributed by atoms with Gasteiger partial charge in [0.05, 0.1) is 0 Å². The Kier molecular flexibility index (Phi) is 4.98. The zero-order valence-corrected chi connectivity index (χ0v) is 13.8. The van der Waals surface area contributed by atoms with Gasteiger partial charge < -0.3 is 5.32 Å². The average Bonchev–Trinajstić information content (AvgIpc) is 2.26.